The summed E-state index contributed by atoms with van der Waals surface area (Å²) in [6, 6.07) is 9.73. The Morgan fingerprint density at radius 3 is 2.73 bits per heavy atom. The van der Waals surface area contributed by atoms with Crippen molar-refractivity contribution in [1.82, 2.24) is 14.5 Å². The van der Waals surface area contributed by atoms with Gasteiger partial charge in [0, 0.05) is 6.54 Å². The van der Waals surface area contributed by atoms with E-state index in [1.807, 2.05) is 34.9 Å². The van der Waals surface area contributed by atoms with Crippen LogP contribution in [0.25, 0.3) is 11.0 Å². The number of methoxy groups -OCH3 is 1. The van der Waals surface area contributed by atoms with Gasteiger partial charge in [0.2, 0.25) is 0 Å². The molecule has 0 saturated carbocycles. The minimum Gasteiger partial charge on any atom is -0.497 e. The van der Waals surface area contributed by atoms with Crippen LogP contribution < -0.4 is 4.74 Å². The molecule has 3 rings (SSSR count). The van der Waals surface area contributed by atoms with E-state index in [0.29, 0.717) is 18.0 Å². The molecule has 0 saturated heterocycles. The molecule has 0 aliphatic carbocycles. The van der Waals surface area contributed by atoms with Gasteiger partial charge in [-0.15, -0.1) is 0 Å². The zero-order chi connectivity index (χ0) is 15.5. The minimum absolute atomic E-state index is 0.464. The number of nitrogens with zero attached hydrogens (tertiary/aromatic N) is 4. The molecule has 3 aromatic rings. The van der Waals surface area contributed by atoms with Crippen molar-refractivity contribution in [2.45, 2.75) is 13.5 Å². The molecule has 0 fully saturated rings. The third-order valence-corrected chi connectivity index (χ3v) is 3.54. The normalized spacial score (nSPS) is 11.8. The van der Waals surface area contributed by atoms with Crippen LogP contribution >= 0.6 is 0 Å². The van der Waals surface area contributed by atoms with E-state index in [9.17, 15) is 0 Å². The molecule has 0 atom stereocenters. The maximum Gasteiger partial charge on any atom is 0.118 e. The van der Waals surface area contributed by atoms with Gasteiger partial charge in [-0.2, -0.15) is 0 Å². The zero-order valence-corrected chi connectivity index (χ0v) is 12.4. The number of oxime groups is 1. The summed E-state index contributed by atoms with van der Waals surface area (Å²) in [5.74, 6) is 0.837. The fraction of sp³-hybridized carbons (Fsp3) is 0.188. The Labute approximate surface area is 127 Å². The van der Waals surface area contributed by atoms with Crippen LogP contribution in [-0.4, -0.2) is 32.6 Å². The standard InChI is InChI=1S/C16H16N4O2/c1-11(19-21)14-7-15-16(8-17-14)20(10-18-15)9-12-3-5-13(22-2)6-4-12/h3-8,10,21H,9H2,1-2H3/b19-11+. The van der Waals surface area contributed by atoms with Crippen molar-refractivity contribution in [2.75, 3.05) is 7.11 Å². The van der Waals surface area contributed by atoms with Gasteiger partial charge >= 0.3 is 0 Å². The van der Waals surface area contributed by atoms with Crippen molar-refractivity contribution < 1.29 is 9.94 Å². The minimum atomic E-state index is 0.464. The van der Waals surface area contributed by atoms with Crippen molar-refractivity contribution >= 4 is 16.7 Å². The maximum atomic E-state index is 8.82. The van der Waals surface area contributed by atoms with Gasteiger partial charge in [0.25, 0.3) is 0 Å². The molecule has 112 valence electrons. The first kappa shape index (κ1) is 14.1. The number of rotatable bonds is 4. The number of ether oxygens (including phenoxy) is 1. The molecule has 2 aromatic heterocycles. The molecule has 6 heteroatoms. The van der Waals surface area contributed by atoms with Gasteiger partial charge in [0.1, 0.15) is 11.5 Å². The number of hydrogen-bond donors (Lipinski definition) is 1. The summed E-state index contributed by atoms with van der Waals surface area (Å²) in [7, 11) is 1.65. The van der Waals surface area contributed by atoms with Gasteiger partial charge in [-0.05, 0) is 30.7 Å². The summed E-state index contributed by atoms with van der Waals surface area (Å²) in [4.78, 5) is 8.70. The summed E-state index contributed by atoms with van der Waals surface area (Å²) < 4.78 is 7.19. The molecule has 0 aliphatic heterocycles. The fourth-order valence-corrected chi connectivity index (χ4v) is 2.26. The molecule has 0 amide bonds. The molecule has 0 unspecified atom stereocenters. The largest absolute Gasteiger partial charge is 0.497 e. The van der Waals surface area contributed by atoms with Crippen LogP contribution in [0.2, 0.25) is 0 Å². The van der Waals surface area contributed by atoms with Gasteiger partial charge in [0.05, 0.1) is 36.4 Å². The van der Waals surface area contributed by atoms with E-state index in [-0.39, 0.29) is 0 Å². The van der Waals surface area contributed by atoms with E-state index in [1.165, 1.54) is 0 Å². The molecule has 1 aromatic carbocycles. The summed E-state index contributed by atoms with van der Waals surface area (Å²) in [5.41, 5.74) is 3.99. The Bertz CT molecular complexity index is 822. The number of imidazole rings is 1. The number of aromatic nitrogens is 3. The summed E-state index contributed by atoms with van der Waals surface area (Å²) in [5, 5.41) is 12.0. The number of benzene rings is 1. The predicted octanol–water partition coefficient (Wildman–Crippen LogP) is 2.69. The molecular formula is C16H16N4O2. The molecule has 0 aliphatic rings. The van der Waals surface area contributed by atoms with Crippen LogP contribution in [0.4, 0.5) is 0 Å². The Balaban J connectivity index is 1.91. The van der Waals surface area contributed by atoms with E-state index in [0.717, 1.165) is 22.3 Å². The topological polar surface area (TPSA) is 72.5 Å². The molecule has 0 bridgehead atoms. The average Bonchev–Trinajstić information content (AvgIpc) is 2.97. The highest BCUT2D eigenvalue weighted by molar-refractivity contribution is 5.98. The van der Waals surface area contributed by atoms with Crippen molar-refractivity contribution in [3.63, 3.8) is 0 Å². The smallest absolute Gasteiger partial charge is 0.118 e. The van der Waals surface area contributed by atoms with Gasteiger partial charge in [-0.1, -0.05) is 17.3 Å². The van der Waals surface area contributed by atoms with Crippen molar-refractivity contribution in [2.24, 2.45) is 5.16 Å². The second-order valence-corrected chi connectivity index (χ2v) is 4.96. The lowest BCUT2D eigenvalue weighted by Crippen LogP contribution is -2.01. The van der Waals surface area contributed by atoms with E-state index >= 15 is 0 Å². The second-order valence-electron chi connectivity index (χ2n) is 4.96. The van der Waals surface area contributed by atoms with E-state index in [2.05, 4.69) is 15.1 Å². The van der Waals surface area contributed by atoms with Crippen molar-refractivity contribution in [3.05, 3.63) is 54.1 Å². The SMILES string of the molecule is COc1ccc(Cn2cnc3cc(/C(C)=N/O)ncc32)cc1. The lowest BCUT2D eigenvalue weighted by Gasteiger charge is -2.06. The lowest BCUT2D eigenvalue weighted by atomic mass is 10.2. The molecule has 2 heterocycles. The van der Waals surface area contributed by atoms with Gasteiger partial charge < -0.3 is 14.5 Å². The average molecular weight is 296 g/mol. The van der Waals surface area contributed by atoms with E-state index in [4.69, 9.17) is 9.94 Å². The number of hydrogen-bond acceptors (Lipinski definition) is 5. The molecule has 0 spiro atoms. The highest BCUT2D eigenvalue weighted by Crippen LogP contribution is 2.17. The molecule has 0 radical (unpaired) electrons. The molecule has 22 heavy (non-hydrogen) atoms. The molecular weight excluding hydrogens is 280 g/mol. The quantitative estimate of drug-likeness (QED) is 0.456. The Hall–Kier alpha value is -2.89. The maximum absolute atomic E-state index is 8.82. The Morgan fingerprint density at radius 2 is 2.05 bits per heavy atom. The predicted molar refractivity (Wildman–Crippen MR) is 83.6 cm³/mol. The monoisotopic (exact) mass is 296 g/mol. The first-order chi connectivity index (χ1) is 10.7. The molecule has 1 N–H and O–H groups in total. The van der Waals surface area contributed by atoms with Crippen LogP contribution in [0.5, 0.6) is 5.75 Å². The Morgan fingerprint density at radius 1 is 1.27 bits per heavy atom. The van der Waals surface area contributed by atoms with Crippen LogP contribution in [-0.2, 0) is 6.54 Å². The fourth-order valence-electron chi connectivity index (χ4n) is 2.26. The number of pyridine rings is 1. The third kappa shape index (κ3) is 2.63. The van der Waals surface area contributed by atoms with Crippen molar-refractivity contribution in [3.8, 4) is 5.75 Å². The van der Waals surface area contributed by atoms with Gasteiger partial charge in [-0.25, -0.2) is 4.98 Å². The van der Waals surface area contributed by atoms with Crippen LogP contribution in [0.15, 0.2) is 48.0 Å². The summed E-state index contributed by atoms with van der Waals surface area (Å²) in [6.45, 7) is 2.40. The molecule has 6 nitrogen and oxygen atoms in total. The van der Waals surface area contributed by atoms with Crippen LogP contribution in [0.1, 0.15) is 18.2 Å². The highest BCUT2D eigenvalue weighted by Gasteiger charge is 2.07. The van der Waals surface area contributed by atoms with Crippen LogP contribution in [0, 0.1) is 0 Å². The van der Waals surface area contributed by atoms with Crippen molar-refractivity contribution in [1.29, 1.82) is 0 Å². The number of fused-ring (bicyclic) bond motifs is 1. The second kappa shape index (κ2) is 5.85. The first-order valence-electron chi connectivity index (χ1n) is 6.84. The van der Waals surface area contributed by atoms with E-state index in [1.54, 1.807) is 26.6 Å². The highest BCUT2D eigenvalue weighted by atomic mass is 16.5. The lowest BCUT2D eigenvalue weighted by molar-refractivity contribution is 0.319. The summed E-state index contributed by atoms with van der Waals surface area (Å²) >= 11 is 0. The van der Waals surface area contributed by atoms with Crippen LogP contribution in [0.3, 0.4) is 0 Å². The van der Waals surface area contributed by atoms with E-state index < -0.39 is 0 Å². The van der Waals surface area contributed by atoms with Gasteiger partial charge in [-0.3, -0.25) is 4.98 Å². The summed E-state index contributed by atoms with van der Waals surface area (Å²) in [6.07, 6.45) is 3.53. The third-order valence-electron chi connectivity index (χ3n) is 3.54. The first-order valence-corrected chi connectivity index (χ1v) is 6.84. The van der Waals surface area contributed by atoms with Gasteiger partial charge in [0.15, 0.2) is 0 Å². The Kier molecular flexibility index (Phi) is 3.74. The zero-order valence-electron chi connectivity index (χ0n) is 12.4.